The van der Waals surface area contributed by atoms with Crippen LogP contribution in [0.3, 0.4) is 0 Å². The minimum absolute atomic E-state index is 0. The monoisotopic (exact) mass is 479 g/mol. The normalized spacial score (nSPS) is 19.0. The van der Waals surface area contributed by atoms with E-state index in [0.717, 1.165) is 35.7 Å². The van der Waals surface area contributed by atoms with Crippen LogP contribution >= 0.6 is 35.3 Å². The van der Waals surface area contributed by atoms with Gasteiger partial charge in [-0.25, -0.2) is 4.98 Å². The molecule has 0 aliphatic carbocycles. The van der Waals surface area contributed by atoms with Gasteiger partial charge in [0.25, 0.3) is 0 Å². The van der Waals surface area contributed by atoms with Gasteiger partial charge in [0.05, 0.1) is 12.2 Å². The molecular weight excluding hydrogens is 445 g/mol. The van der Waals surface area contributed by atoms with Gasteiger partial charge in [-0.2, -0.15) is 0 Å². The van der Waals surface area contributed by atoms with E-state index in [9.17, 15) is 0 Å². The highest BCUT2D eigenvalue weighted by molar-refractivity contribution is 14.0. The quantitative estimate of drug-likeness (QED) is 0.373. The molecule has 1 aromatic heterocycles. The van der Waals surface area contributed by atoms with Crippen LogP contribution in [0.15, 0.2) is 4.99 Å². The molecule has 0 bridgehead atoms. The molecule has 25 heavy (non-hydrogen) atoms. The van der Waals surface area contributed by atoms with Crippen LogP contribution in [0.2, 0.25) is 0 Å². The summed E-state index contributed by atoms with van der Waals surface area (Å²) in [5.41, 5.74) is 1.13. The Balaban J connectivity index is 0.00000312. The van der Waals surface area contributed by atoms with Crippen LogP contribution in [0.4, 0.5) is 0 Å². The van der Waals surface area contributed by atoms with E-state index in [-0.39, 0.29) is 24.0 Å². The van der Waals surface area contributed by atoms with Gasteiger partial charge in [0.1, 0.15) is 5.01 Å². The molecule has 7 heteroatoms. The van der Waals surface area contributed by atoms with Crippen molar-refractivity contribution in [3.63, 3.8) is 0 Å². The summed E-state index contributed by atoms with van der Waals surface area (Å²) in [4.78, 5) is 12.8. The summed E-state index contributed by atoms with van der Waals surface area (Å²) in [6, 6.07) is 0. The van der Waals surface area contributed by atoms with Crippen LogP contribution in [0.1, 0.15) is 42.3 Å². The van der Waals surface area contributed by atoms with E-state index in [1.165, 1.54) is 37.4 Å². The molecule has 1 aliphatic rings. The Bertz CT molecular complexity index is 524. The maximum absolute atomic E-state index is 4.57. The number of rotatable bonds is 6. The molecule has 1 saturated heterocycles. The fourth-order valence-electron chi connectivity index (χ4n) is 3.24. The minimum Gasteiger partial charge on any atom is -0.356 e. The van der Waals surface area contributed by atoms with E-state index in [2.05, 4.69) is 53.2 Å². The summed E-state index contributed by atoms with van der Waals surface area (Å²) in [6.07, 6.45) is 2.62. The summed E-state index contributed by atoms with van der Waals surface area (Å²) in [5, 5.41) is 8.00. The van der Waals surface area contributed by atoms with E-state index in [1.807, 2.05) is 7.05 Å². The van der Waals surface area contributed by atoms with E-state index in [0.29, 0.717) is 5.92 Å². The number of halogens is 1. The van der Waals surface area contributed by atoms with Crippen molar-refractivity contribution in [3.8, 4) is 0 Å². The van der Waals surface area contributed by atoms with Crippen LogP contribution < -0.4 is 10.6 Å². The van der Waals surface area contributed by atoms with Crippen LogP contribution in [0.25, 0.3) is 0 Å². The molecule has 2 N–H and O–H groups in total. The summed E-state index contributed by atoms with van der Waals surface area (Å²) >= 11 is 1.76. The zero-order valence-corrected chi connectivity index (χ0v) is 19.4. The lowest BCUT2D eigenvalue weighted by Gasteiger charge is -2.34. The number of likely N-dealkylation sites (tertiary alicyclic amines) is 1. The van der Waals surface area contributed by atoms with Crippen molar-refractivity contribution < 1.29 is 0 Å². The van der Waals surface area contributed by atoms with Crippen molar-refractivity contribution in [3.05, 3.63) is 15.6 Å². The SMILES string of the molecule is CN=C(NCc1nc(C)c(C)s1)NCC1CCCN(CC(C)C)C1.I. The summed E-state index contributed by atoms with van der Waals surface area (Å²) in [6.45, 7) is 14.2. The molecule has 0 aromatic carbocycles. The van der Waals surface area contributed by atoms with E-state index >= 15 is 0 Å². The lowest BCUT2D eigenvalue weighted by atomic mass is 9.97. The van der Waals surface area contributed by atoms with Gasteiger partial charge in [0.15, 0.2) is 5.96 Å². The first kappa shape index (κ1) is 22.6. The Labute approximate surface area is 174 Å². The molecular formula is C18H34IN5S. The van der Waals surface area contributed by atoms with Crippen molar-refractivity contribution in [2.75, 3.05) is 33.2 Å². The maximum atomic E-state index is 4.57. The van der Waals surface area contributed by atoms with Gasteiger partial charge in [0.2, 0.25) is 0 Å². The highest BCUT2D eigenvalue weighted by Gasteiger charge is 2.20. The third-order valence-electron chi connectivity index (χ3n) is 4.49. The fraction of sp³-hybridized carbons (Fsp3) is 0.778. The smallest absolute Gasteiger partial charge is 0.191 e. The first-order valence-corrected chi connectivity index (χ1v) is 9.89. The van der Waals surface area contributed by atoms with Gasteiger partial charge in [0, 0.05) is 31.6 Å². The number of thiazole rings is 1. The fourth-order valence-corrected chi connectivity index (χ4v) is 4.11. The van der Waals surface area contributed by atoms with Gasteiger partial charge >= 0.3 is 0 Å². The van der Waals surface area contributed by atoms with Gasteiger partial charge in [-0.1, -0.05) is 13.8 Å². The Morgan fingerprint density at radius 1 is 1.36 bits per heavy atom. The molecule has 5 nitrogen and oxygen atoms in total. The molecule has 1 aliphatic heterocycles. The second-order valence-electron chi connectivity index (χ2n) is 7.22. The predicted molar refractivity (Wildman–Crippen MR) is 119 cm³/mol. The summed E-state index contributed by atoms with van der Waals surface area (Å²) in [5.74, 6) is 2.33. The molecule has 0 amide bonds. The number of hydrogen-bond acceptors (Lipinski definition) is 4. The molecule has 1 atom stereocenters. The molecule has 0 saturated carbocycles. The number of guanidine groups is 1. The lowest BCUT2D eigenvalue weighted by Crippen LogP contribution is -2.44. The lowest BCUT2D eigenvalue weighted by molar-refractivity contribution is 0.159. The van der Waals surface area contributed by atoms with Crippen LogP contribution in [-0.4, -0.2) is 49.1 Å². The first-order chi connectivity index (χ1) is 11.5. The Kier molecular flexibility index (Phi) is 10.3. The average Bonchev–Trinajstić information content (AvgIpc) is 2.85. The molecule has 2 rings (SSSR count). The van der Waals surface area contributed by atoms with Crippen LogP contribution in [-0.2, 0) is 6.54 Å². The second-order valence-corrected chi connectivity index (χ2v) is 8.51. The Morgan fingerprint density at radius 2 is 2.12 bits per heavy atom. The van der Waals surface area contributed by atoms with Crippen LogP contribution in [0, 0.1) is 25.7 Å². The minimum atomic E-state index is 0. The Hall–Kier alpha value is -0.410. The largest absolute Gasteiger partial charge is 0.356 e. The van der Waals surface area contributed by atoms with E-state index < -0.39 is 0 Å². The highest BCUT2D eigenvalue weighted by atomic mass is 127. The number of nitrogens with one attached hydrogen (secondary N) is 2. The van der Waals surface area contributed by atoms with Gasteiger partial charge in [-0.05, 0) is 45.1 Å². The zero-order valence-electron chi connectivity index (χ0n) is 16.3. The number of aliphatic imine (C=N–C) groups is 1. The van der Waals surface area contributed by atoms with E-state index in [4.69, 9.17) is 0 Å². The van der Waals surface area contributed by atoms with Gasteiger partial charge in [-0.3, -0.25) is 4.99 Å². The number of nitrogens with zero attached hydrogens (tertiary/aromatic N) is 3. The molecule has 144 valence electrons. The number of aromatic nitrogens is 1. The van der Waals surface area contributed by atoms with Crippen molar-refractivity contribution in [2.24, 2.45) is 16.8 Å². The van der Waals surface area contributed by atoms with Crippen molar-refractivity contribution in [1.29, 1.82) is 0 Å². The number of aryl methyl sites for hydroxylation is 2. The van der Waals surface area contributed by atoms with E-state index in [1.54, 1.807) is 11.3 Å². The van der Waals surface area contributed by atoms with Crippen molar-refractivity contribution >= 4 is 41.3 Å². The Morgan fingerprint density at radius 3 is 2.72 bits per heavy atom. The highest BCUT2D eigenvalue weighted by Crippen LogP contribution is 2.17. The molecule has 2 heterocycles. The van der Waals surface area contributed by atoms with Gasteiger partial charge in [-0.15, -0.1) is 35.3 Å². The molecule has 0 spiro atoms. The number of piperidine rings is 1. The third kappa shape index (κ3) is 7.78. The third-order valence-corrected chi connectivity index (χ3v) is 5.56. The summed E-state index contributed by atoms with van der Waals surface area (Å²) < 4.78 is 0. The van der Waals surface area contributed by atoms with Crippen molar-refractivity contribution in [1.82, 2.24) is 20.5 Å². The predicted octanol–water partition coefficient (Wildman–Crippen LogP) is 3.41. The molecule has 0 radical (unpaired) electrons. The molecule has 1 fully saturated rings. The zero-order chi connectivity index (χ0) is 17.5. The number of hydrogen-bond donors (Lipinski definition) is 2. The van der Waals surface area contributed by atoms with Crippen LogP contribution in [0.5, 0.6) is 0 Å². The average molecular weight is 479 g/mol. The first-order valence-electron chi connectivity index (χ1n) is 9.07. The summed E-state index contributed by atoms with van der Waals surface area (Å²) in [7, 11) is 1.83. The standard InChI is InChI=1S/C18H33N5S.HI/c1-13(2)11-23-8-6-7-16(12-23)9-20-18(19-5)21-10-17-22-14(3)15(4)24-17;/h13,16H,6-12H2,1-5H3,(H2,19,20,21);1H. The molecule has 1 unspecified atom stereocenters. The van der Waals surface area contributed by atoms with Gasteiger partial charge < -0.3 is 15.5 Å². The van der Waals surface area contributed by atoms with Crippen molar-refractivity contribution in [2.45, 2.75) is 47.1 Å². The molecule has 1 aromatic rings. The maximum Gasteiger partial charge on any atom is 0.191 e. The second kappa shape index (κ2) is 11.3. The topological polar surface area (TPSA) is 52.6 Å².